The van der Waals surface area contributed by atoms with Crippen LogP contribution >= 0.6 is 0 Å². The van der Waals surface area contributed by atoms with Gasteiger partial charge in [-0.1, -0.05) is 22.9 Å². The summed E-state index contributed by atoms with van der Waals surface area (Å²) in [5.41, 5.74) is 2.96. The molecular formula is C15H17NO3. The maximum Gasteiger partial charge on any atom is 0.311 e. The summed E-state index contributed by atoms with van der Waals surface area (Å²) in [7, 11) is 0. The highest BCUT2D eigenvalue weighted by molar-refractivity contribution is 5.72. The molecule has 0 aliphatic rings. The smallest absolute Gasteiger partial charge is 0.311 e. The summed E-state index contributed by atoms with van der Waals surface area (Å²) in [5, 5.41) is 3.86. The first-order valence-electron chi connectivity index (χ1n) is 6.25. The van der Waals surface area contributed by atoms with E-state index in [1.165, 1.54) is 0 Å². The number of carbonyl (C=O) groups is 1. The van der Waals surface area contributed by atoms with E-state index < -0.39 is 0 Å². The molecule has 0 amide bonds. The van der Waals surface area contributed by atoms with Gasteiger partial charge in [-0.3, -0.25) is 4.79 Å². The molecule has 0 radical (unpaired) electrons. The maximum atomic E-state index is 11.7. The lowest BCUT2D eigenvalue weighted by Crippen LogP contribution is -2.09. The topological polar surface area (TPSA) is 52.3 Å². The van der Waals surface area contributed by atoms with E-state index in [0.717, 1.165) is 22.6 Å². The molecule has 0 spiro atoms. The molecule has 0 atom stereocenters. The van der Waals surface area contributed by atoms with Gasteiger partial charge in [0.15, 0.2) is 0 Å². The van der Waals surface area contributed by atoms with E-state index in [9.17, 15) is 4.79 Å². The minimum Gasteiger partial charge on any atom is -0.427 e. The first kappa shape index (κ1) is 13.3. The van der Waals surface area contributed by atoms with Gasteiger partial charge in [-0.05, 0) is 39.3 Å². The van der Waals surface area contributed by atoms with Crippen LogP contribution in [0, 0.1) is 20.8 Å². The number of aryl methyl sites for hydroxylation is 3. The number of carbonyl (C=O) groups excluding carboxylic acids is 1. The Bertz CT molecular complexity index is 550. The quantitative estimate of drug-likeness (QED) is 0.625. The minimum atomic E-state index is -0.246. The van der Waals surface area contributed by atoms with E-state index in [1.807, 2.05) is 32.9 Å². The van der Waals surface area contributed by atoms with Crippen LogP contribution < -0.4 is 4.74 Å². The predicted octanol–water partition coefficient (Wildman–Crippen LogP) is 3.14. The third-order valence-electron chi connectivity index (χ3n) is 3.01. The van der Waals surface area contributed by atoms with Crippen LogP contribution in [-0.2, 0) is 11.2 Å². The Morgan fingerprint density at radius 1 is 1.21 bits per heavy atom. The van der Waals surface area contributed by atoms with Crippen LogP contribution in [0.5, 0.6) is 5.75 Å². The summed E-state index contributed by atoms with van der Waals surface area (Å²) in [6.45, 7) is 5.71. The van der Waals surface area contributed by atoms with Gasteiger partial charge in [-0.25, -0.2) is 0 Å². The second-order valence-corrected chi connectivity index (χ2v) is 4.59. The summed E-state index contributed by atoms with van der Waals surface area (Å²) in [6.07, 6.45) is 0.905. The Morgan fingerprint density at radius 2 is 1.89 bits per heavy atom. The van der Waals surface area contributed by atoms with Crippen molar-refractivity contribution in [3.05, 3.63) is 46.8 Å². The zero-order valence-corrected chi connectivity index (χ0v) is 11.4. The molecule has 0 saturated heterocycles. The predicted molar refractivity (Wildman–Crippen MR) is 71.1 cm³/mol. The van der Waals surface area contributed by atoms with Crippen LogP contribution in [-0.4, -0.2) is 11.1 Å². The van der Waals surface area contributed by atoms with Gasteiger partial charge < -0.3 is 9.26 Å². The number of nitrogens with zero attached hydrogens (tertiary/aromatic N) is 1. The van der Waals surface area contributed by atoms with E-state index in [2.05, 4.69) is 5.16 Å². The van der Waals surface area contributed by atoms with Crippen LogP contribution in [0.25, 0.3) is 0 Å². The average molecular weight is 259 g/mol. The Kier molecular flexibility index (Phi) is 4.00. The number of aromatic nitrogens is 1. The van der Waals surface area contributed by atoms with Crippen molar-refractivity contribution in [3.8, 4) is 5.75 Å². The molecule has 0 N–H and O–H groups in total. The van der Waals surface area contributed by atoms with Crippen LogP contribution in [0.4, 0.5) is 0 Å². The van der Waals surface area contributed by atoms with Crippen molar-refractivity contribution in [2.75, 3.05) is 0 Å². The maximum absolute atomic E-state index is 11.7. The van der Waals surface area contributed by atoms with Crippen molar-refractivity contribution in [2.24, 2.45) is 0 Å². The van der Waals surface area contributed by atoms with Gasteiger partial charge in [0.25, 0.3) is 0 Å². The number of hydrogen-bond donors (Lipinski definition) is 0. The summed E-state index contributed by atoms with van der Waals surface area (Å²) in [5.74, 6) is 1.10. The highest BCUT2D eigenvalue weighted by atomic mass is 16.5. The Morgan fingerprint density at radius 3 is 2.47 bits per heavy atom. The first-order chi connectivity index (χ1) is 9.06. The Hall–Kier alpha value is -2.10. The normalized spacial score (nSPS) is 10.5. The molecule has 0 unspecified atom stereocenters. The largest absolute Gasteiger partial charge is 0.427 e. The molecule has 2 rings (SSSR count). The van der Waals surface area contributed by atoms with Gasteiger partial charge in [0.1, 0.15) is 11.5 Å². The van der Waals surface area contributed by atoms with Gasteiger partial charge in [-0.2, -0.15) is 0 Å². The molecule has 0 aliphatic heterocycles. The lowest BCUT2D eigenvalue weighted by Gasteiger charge is -2.04. The molecule has 1 aromatic heterocycles. The van der Waals surface area contributed by atoms with Crippen molar-refractivity contribution >= 4 is 5.97 Å². The number of esters is 1. The third kappa shape index (κ3) is 3.44. The monoisotopic (exact) mass is 259 g/mol. The van der Waals surface area contributed by atoms with Gasteiger partial charge >= 0.3 is 5.97 Å². The molecule has 4 nitrogen and oxygen atoms in total. The highest BCUT2D eigenvalue weighted by Gasteiger charge is 2.12. The number of hydrogen-bond acceptors (Lipinski definition) is 4. The SMILES string of the molecule is Cc1ccc(OC(=O)CCc2c(C)noc2C)cc1. The average Bonchev–Trinajstić information content (AvgIpc) is 2.70. The van der Waals surface area contributed by atoms with E-state index in [4.69, 9.17) is 9.26 Å². The highest BCUT2D eigenvalue weighted by Crippen LogP contribution is 2.16. The van der Waals surface area contributed by atoms with Gasteiger partial charge in [0.05, 0.1) is 12.1 Å². The first-order valence-corrected chi connectivity index (χ1v) is 6.25. The van der Waals surface area contributed by atoms with E-state index >= 15 is 0 Å². The van der Waals surface area contributed by atoms with Gasteiger partial charge in [0.2, 0.25) is 0 Å². The lowest BCUT2D eigenvalue weighted by atomic mass is 10.1. The van der Waals surface area contributed by atoms with Crippen molar-refractivity contribution in [1.29, 1.82) is 0 Å². The van der Waals surface area contributed by atoms with Gasteiger partial charge in [-0.15, -0.1) is 0 Å². The standard InChI is InChI=1S/C15H17NO3/c1-10-4-6-13(7-5-10)18-15(17)9-8-14-11(2)16-19-12(14)3/h4-7H,8-9H2,1-3H3. The summed E-state index contributed by atoms with van der Waals surface area (Å²) in [6, 6.07) is 7.42. The zero-order chi connectivity index (χ0) is 13.8. The van der Waals surface area contributed by atoms with Crippen molar-refractivity contribution < 1.29 is 14.1 Å². The number of rotatable bonds is 4. The zero-order valence-electron chi connectivity index (χ0n) is 11.4. The Labute approximate surface area is 112 Å². The van der Waals surface area contributed by atoms with Crippen molar-refractivity contribution in [3.63, 3.8) is 0 Å². The summed E-state index contributed by atoms with van der Waals surface area (Å²) < 4.78 is 10.3. The molecule has 0 aliphatic carbocycles. The molecule has 0 bridgehead atoms. The molecular weight excluding hydrogens is 242 g/mol. The molecule has 19 heavy (non-hydrogen) atoms. The molecule has 0 fully saturated rings. The van der Waals surface area contributed by atoms with Crippen molar-refractivity contribution in [1.82, 2.24) is 5.16 Å². The fraction of sp³-hybridized carbons (Fsp3) is 0.333. The van der Waals surface area contributed by atoms with Crippen LogP contribution in [0.15, 0.2) is 28.8 Å². The fourth-order valence-corrected chi connectivity index (χ4v) is 1.87. The molecule has 1 heterocycles. The lowest BCUT2D eigenvalue weighted by molar-refractivity contribution is -0.134. The number of ether oxygens (including phenoxy) is 1. The second-order valence-electron chi connectivity index (χ2n) is 4.59. The van der Waals surface area contributed by atoms with Crippen LogP contribution in [0.1, 0.15) is 29.0 Å². The summed E-state index contributed by atoms with van der Waals surface area (Å²) in [4.78, 5) is 11.7. The summed E-state index contributed by atoms with van der Waals surface area (Å²) >= 11 is 0. The molecule has 4 heteroatoms. The molecule has 1 aromatic carbocycles. The van der Waals surface area contributed by atoms with E-state index in [-0.39, 0.29) is 5.97 Å². The fourth-order valence-electron chi connectivity index (χ4n) is 1.87. The van der Waals surface area contributed by atoms with Crippen molar-refractivity contribution in [2.45, 2.75) is 33.6 Å². The van der Waals surface area contributed by atoms with Crippen LogP contribution in [0.3, 0.4) is 0 Å². The second kappa shape index (κ2) is 5.69. The molecule has 0 saturated carbocycles. The third-order valence-corrected chi connectivity index (χ3v) is 3.01. The van der Waals surface area contributed by atoms with Crippen LogP contribution in [0.2, 0.25) is 0 Å². The van der Waals surface area contributed by atoms with Gasteiger partial charge in [0, 0.05) is 5.56 Å². The number of benzene rings is 1. The molecule has 100 valence electrons. The van der Waals surface area contributed by atoms with E-state index in [1.54, 1.807) is 12.1 Å². The molecule has 2 aromatic rings. The minimum absolute atomic E-state index is 0.246. The van der Waals surface area contributed by atoms with E-state index in [0.29, 0.717) is 18.6 Å². The Balaban J connectivity index is 1.90.